The molecule has 1 N–H and O–H groups in total. The Morgan fingerprint density at radius 1 is 1.56 bits per heavy atom. The van der Waals surface area contributed by atoms with Crippen molar-refractivity contribution in [1.82, 2.24) is 0 Å². The molecule has 3 fully saturated rings. The maximum atomic E-state index is 11.6. The van der Waals surface area contributed by atoms with Gasteiger partial charge in [0.2, 0.25) is 0 Å². The largest absolute Gasteiger partial charge is 0.462 e. The van der Waals surface area contributed by atoms with Crippen molar-refractivity contribution >= 4 is 5.97 Å². The van der Waals surface area contributed by atoms with E-state index in [2.05, 4.69) is 0 Å². The highest BCUT2D eigenvalue weighted by Crippen LogP contribution is 2.26. The van der Waals surface area contributed by atoms with Crippen molar-refractivity contribution in [3.05, 3.63) is 11.1 Å². The number of hydrogen-bond donors (Lipinski definition) is 1. The van der Waals surface area contributed by atoms with E-state index in [1.165, 1.54) is 18.0 Å². The van der Waals surface area contributed by atoms with Crippen LogP contribution >= 0.6 is 0 Å². The molecule has 0 unspecified atom stereocenters. The number of rotatable bonds is 2. The Hall–Kier alpha value is -1.34. The average Bonchev–Trinajstić information content (AvgIpc) is 2.32. The summed E-state index contributed by atoms with van der Waals surface area (Å²) in [4.78, 5) is 13.1. The second-order valence-electron chi connectivity index (χ2n) is 4.43. The number of ether oxygens (including phenoxy) is 1. The number of hydrogen-bond acceptors (Lipinski definition) is 3. The van der Waals surface area contributed by atoms with Crippen molar-refractivity contribution in [2.24, 2.45) is 5.92 Å². The van der Waals surface area contributed by atoms with Gasteiger partial charge in [0.05, 0.1) is 19.7 Å². The summed E-state index contributed by atoms with van der Waals surface area (Å²) >= 11 is 0. The van der Waals surface area contributed by atoms with Gasteiger partial charge in [0.25, 0.3) is 0 Å². The lowest BCUT2D eigenvalue weighted by Crippen LogP contribution is -3.15. The Bertz CT molecular complexity index is 360. The van der Waals surface area contributed by atoms with Gasteiger partial charge >= 0.3 is 5.97 Å². The van der Waals surface area contributed by atoms with Gasteiger partial charge in [-0.1, -0.05) is 0 Å². The van der Waals surface area contributed by atoms with E-state index in [-0.39, 0.29) is 5.57 Å². The minimum atomic E-state index is -0.437. The molecule has 0 atom stereocenters. The molecule has 3 aliphatic heterocycles. The number of nitrogens with zero attached hydrogens (tertiary/aromatic N) is 1. The monoisotopic (exact) mass is 221 g/mol. The van der Waals surface area contributed by atoms with Crippen LogP contribution in [-0.2, 0) is 9.53 Å². The molecule has 3 saturated heterocycles. The van der Waals surface area contributed by atoms with Crippen molar-refractivity contribution in [3.63, 3.8) is 0 Å². The Labute approximate surface area is 95.5 Å². The van der Waals surface area contributed by atoms with Gasteiger partial charge in [-0.3, -0.25) is 0 Å². The van der Waals surface area contributed by atoms with Crippen molar-refractivity contribution in [1.29, 1.82) is 5.26 Å². The Balaban J connectivity index is 2.24. The number of carbonyl (C=O) groups is 1. The number of quaternary nitrogens is 1. The van der Waals surface area contributed by atoms with Gasteiger partial charge in [-0.05, 0) is 12.8 Å². The molecule has 16 heavy (non-hydrogen) atoms. The predicted octanol–water partition coefficient (Wildman–Crippen LogP) is -0.322. The van der Waals surface area contributed by atoms with Crippen LogP contribution in [0.15, 0.2) is 11.1 Å². The number of fused-ring (bicyclic) bond motifs is 3. The fourth-order valence-corrected chi connectivity index (χ4v) is 2.71. The molecule has 0 saturated carbocycles. The highest BCUT2D eigenvalue weighted by Gasteiger charge is 2.36. The van der Waals surface area contributed by atoms with Crippen molar-refractivity contribution in [2.75, 3.05) is 26.2 Å². The quantitative estimate of drug-likeness (QED) is 0.395. The van der Waals surface area contributed by atoms with Gasteiger partial charge in [0.15, 0.2) is 0 Å². The summed E-state index contributed by atoms with van der Waals surface area (Å²) in [6.45, 7) is 5.30. The van der Waals surface area contributed by atoms with Crippen LogP contribution < -0.4 is 4.90 Å². The third-order valence-electron chi connectivity index (χ3n) is 3.54. The first-order valence-corrected chi connectivity index (χ1v) is 5.90. The number of esters is 1. The summed E-state index contributed by atoms with van der Waals surface area (Å²) in [6.07, 6.45) is 2.21. The first-order valence-electron chi connectivity index (χ1n) is 5.90. The predicted molar refractivity (Wildman–Crippen MR) is 57.6 cm³/mol. The van der Waals surface area contributed by atoms with Crippen LogP contribution in [0, 0.1) is 17.2 Å². The zero-order chi connectivity index (χ0) is 11.5. The summed E-state index contributed by atoms with van der Waals surface area (Å²) in [7, 11) is 0. The number of nitrogens with one attached hydrogen (secondary N) is 1. The number of carbonyl (C=O) groups excluding carboxylic acids is 1. The Morgan fingerprint density at radius 2 is 2.25 bits per heavy atom. The normalized spacial score (nSPS) is 30.8. The third kappa shape index (κ3) is 1.96. The molecule has 0 aromatic carbocycles. The minimum absolute atomic E-state index is 0.267. The van der Waals surface area contributed by atoms with Crippen molar-refractivity contribution in [3.8, 4) is 6.07 Å². The van der Waals surface area contributed by atoms with E-state index in [0.29, 0.717) is 12.5 Å². The van der Waals surface area contributed by atoms with E-state index in [9.17, 15) is 4.79 Å². The lowest BCUT2D eigenvalue weighted by Gasteiger charge is -2.38. The summed E-state index contributed by atoms with van der Waals surface area (Å²) in [6, 6.07) is 2.03. The summed E-state index contributed by atoms with van der Waals surface area (Å²) in [5, 5.41) is 9.09. The SMILES string of the molecule is CCOC(=O)/C(C#N)=C1/C[NH+]2CCC1CC2. The van der Waals surface area contributed by atoms with Crippen LogP contribution in [-0.4, -0.2) is 32.2 Å². The lowest BCUT2D eigenvalue weighted by molar-refractivity contribution is -0.908. The second kappa shape index (κ2) is 4.67. The van der Waals surface area contributed by atoms with E-state index >= 15 is 0 Å². The molecule has 2 bridgehead atoms. The maximum Gasteiger partial charge on any atom is 0.349 e. The van der Waals surface area contributed by atoms with Gasteiger partial charge in [-0.15, -0.1) is 0 Å². The Kier molecular flexibility index (Phi) is 3.25. The molecular weight excluding hydrogens is 204 g/mol. The van der Waals surface area contributed by atoms with E-state index in [1.54, 1.807) is 6.92 Å². The molecule has 86 valence electrons. The molecular formula is C12H17N2O2+. The van der Waals surface area contributed by atoms with Gasteiger partial charge < -0.3 is 9.64 Å². The van der Waals surface area contributed by atoms with Crippen LogP contribution in [0.3, 0.4) is 0 Å². The standard InChI is InChI=1S/C12H16N2O2/c1-2-16-12(15)10(7-13)11-8-14-5-3-9(11)4-6-14/h9H,2-6,8H2,1H3/p+1/b11-10-. The molecule has 3 rings (SSSR count). The lowest BCUT2D eigenvalue weighted by atomic mass is 9.81. The van der Waals surface area contributed by atoms with Crippen molar-refractivity contribution in [2.45, 2.75) is 19.8 Å². The van der Waals surface area contributed by atoms with Gasteiger partial charge in [-0.2, -0.15) is 5.26 Å². The van der Waals surface area contributed by atoms with Crippen LogP contribution in [0.4, 0.5) is 0 Å². The Morgan fingerprint density at radius 3 is 2.69 bits per heavy atom. The highest BCUT2D eigenvalue weighted by molar-refractivity contribution is 5.93. The first-order chi connectivity index (χ1) is 7.76. The second-order valence-corrected chi connectivity index (χ2v) is 4.43. The molecule has 0 radical (unpaired) electrons. The average molecular weight is 221 g/mol. The van der Waals surface area contributed by atoms with E-state index in [0.717, 1.165) is 25.0 Å². The molecule has 0 spiro atoms. The maximum absolute atomic E-state index is 11.6. The summed E-state index contributed by atoms with van der Waals surface area (Å²) in [5.41, 5.74) is 1.30. The fraction of sp³-hybridized carbons (Fsp3) is 0.667. The summed E-state index contributed by atoms with van der Waals surface area (Å²) in [5.74, 6) is 0.00436. The van der Waals surface area contributed by atoms with E-state index in [1.807, 2.05) is 6.07 Å². The van der Waals surface area contributed by atoms with Crippen LogP contribution in [0.1, 0.15) is 19.8 Å². The van der Waals surface area contributed by atoms with Gasteiger partial charge in [0, 0.05) is 18.4 Å². The molecule has 0 aromatic heterocycles. The van der Waals surface area contributed by atoms with Crippen molar-refractivity contribution < 1.29 is 14.4 Å². The minimum Gasteiger partial charge on any atom is -0.462 e. The molecule has 0 aromatic rings. The van der Waals surface area contributed by atoms with E-state index < -0.39 is 5.97 Å². The topological polar surface area (TPSA) is 54.5 Å². The summed E-state index contributed by atoms with van der Waals surface area (Å²) < 4.78 is 4.93. The molecule has 4 heteroatoms. The van der Waals surface area contributed by atoms with Crippen LogP contribution in [0.25, 0.3) is 0 Å². The first kappa shape index (κ1) is 11.2. The zero-order valence-corrected chi connectivity index (χ0v) is 9.58. The smallest absolute Gasteiger partial charge is 0.349 e. The molecule has 4 nitrogen and oxygen atoms in total. The van der Waals surface area contributed by atoms with E-state index in [4.69, 9.17) is 10.00 Å². The third-order valence-corrected chi connectivity index (χ3v) is 3.54. The fourth-order valence-electron chi connectivity index (χ4n) is 2.71. The molecule has 0 aliphatic carbocycles. The molecule has 3 heterocycles. The molecule has 3 aliphatic rings. The number of nitriles is 1. The molecule has 0 amide bonds. The number of piperidine rings is 3. The van der Waals surface area contributed by atoms with Crippen LogP contribution in [0.2, 0.25) is 0 Å². The highest BCUT2D eigenvalue weighted by atomic mass is 16.5. The van der Waals surface area contributed by atoms with Gasteiger partial charge in [0.1, 0.15) is 18.2 Å². The zero-order valence-electron chi connectivity index (χ0n) is 9.58. The van der Waals surface area contributed by atoms with Gasteiger partial charge in [-0.25, -0.2) is 4.79 Å². The van der Waals surface area contributed by atoms with Crippen LogP contribution in [0.5, 0.6) is 0 Å².